The number of para-hydroxylation sites is 1. The molecule has 41 heavy (non-hydrogen) atoms. The molecule has 3 aromatic carbocycles. The molecule has 0 bridgehead atoms. The number of hydrogen-bond acceptors (Lipinski definition) is 1. The lowest BCUT2D eigenvalue weighted by Gasteiger charge is -2.21. The summed E-state index contributed by atoms with van der Waals surface area (Å²) in [6.45, 7) is 18.8. The van der Waals surface area contributed by atoms with Crippen molar-refractivity contribution >= 4 is 22.5 Å². The van der Waals surface area contributed by atoms with Crippen LogP contribution in [0.3, 0.4) is 0 Å². The van der Waals surface area contributed by atoms with Crippen LogP contribution in [0.1, 0.15) is 72.1 Å². The molecule has 2 aromatic heterocycles. The molecule has 220 valence electrons. The van der Waals surface area contributed by atoms with Gasteiger partial charge in [-0.15, -0.1) is 0 Å². The standard InChI is InChI=1S/C30H30N3.C3H8.2C2H6.CH4/c1-21-19-22(2)29(23(3)20-21)31(4)28-16-15-25-17-18-33(30(25)32(28)5)27-14-10-9-13-26(27)24-11-7-6-8-12-24;1-3-2;2*1-2;/h6-20H,1-5H3;3H2,1-2H3;2*1-2H3;1H4/q+1;;;;. The molecule has 0 aliphatic rings. The maximum absolute atomic E-state index is 2.31. The zero-order valence-electron chi connectivity index (χ0n) is 26.7. The first-order chi connectivity index (χ1) is 19.4. The summed E-state index contributed by atoms with van der Waals surface area (Å²) in [4.78, 5) is 2.31. The molecule has 3 heteroatoms. The molecule has 0 fully saturated rings. The van der Waals surface area contributed by atoms with Crippen molar-refractivity contribution in [3.05, 3.63) is 108 Å². The number of anilines is 2. The van der Waals surface area contributed by atoms with Crippen molar-refractivity contribution in [1.29, 1.82) is 0 Å². The summed E-state index contributed by atoms with van der Waals surface area (Å²) in [7, 11) is 4.33. The Hall–Kier alpha value is -3.85. The molecule has 0 amide bonds. The third-order valence-corrected chi connectivity index (χ3v) is 6.53. The van der Waals surface area contributed by atoms with Gasteiger partial charge in [-0.1, -0.05) is 122 Å². The number of aromatic nitrogens is 2. The van der Waals surface area contributed by atoms with Gasteiger partial charge in [0.2, 0.25) is 11.5 Å². The number of aryl methyl sites for hydroxylation is 4. The van der Waals surface area contributed by atoms with Crippen LogP contribution in [0.15, 0.2) is 91.1 Å². The van der Waals surface area contributed by atoms with E-state index in [1.165, 1.54) is 56.6 Å². The molecule has 5 aromatic rings. The van der Waals surface area contributed by atoms with Crippen LogP contribution in [0.5, 0.6) is 0 Å². The van der Waals surface area contributed by atoms with E-state index in [4.69, 9.17) is 0 Å². The highest BCUT2D eigenvalue weighted by molar-refractivity contribution is 5.81. The number of benzene rings is 3. The molecule has 5 rings (SSSR count). The average molecular weight is 553 g/mol. The smallest absolute Gasteiger partial charge is 0.240 e. The maximum atomic E-state index is 2.31. The fourth-order valence-corrected chi connectivity index (χ4v) is 5.20. The number of nitrogens with zero attached hydrogens (tertiary/aromatic N) is 3. The second-order valence-corrected chi connectivity index (χ2v) is 9.61. The van der Waals surface area contributed by atoms with Gasteiger partial charge in [-0.2, -0.15) is 0 Å². The fraction of sp³-hybridized carbons (Fsp3) is 0.342. The van der Waals surface area contributed by atoms with Crippen molar-refractivity contribution < 1.29 is 4.57 Å². The van der Waals surface area contributed by atoms with E-state index in [0.29, 0.717) is 0 Å². The summed E-state index contributed by atoms with van der Waals surface area (Å²) in [5.41, 5.74) is 9.94. The van der Waals surface area contributed by atoms with Gasteiger partial charge >= 0.3 is 0 Å². The fourth-order valence-electron chi connectivity index (χ4n) is 5.20. The SMILES string of the molecule is C.CC.CC.CCC.Cc1cc(C)c(N(C)c2ccc3ccn(-c4ccccc4-c4ccccc4)c3[n+]2C)c(C)c1. The van der Waals surface area contributed by atoms with Gasteiger partial charge in [0.05, 0.1) is 25.7 Å². The Kier molecular flexibility index (Phi) is 14.6. The minimum Gasteiger partial charge on any atom is -0.262 e. The van der Waals surface area contributed by atoms with Crippen molar-refractivity contribution in [3.63, 3.8) is 0 Å². The monoisotopic (exact) mass is 552 g/mol. The summed E-state index contributed by atoms with van der Waals surface area (Å²) in [6, 6.07) is 30.4. The maximum Gasteiger partial charge on any atom is 0.240 e. The lowest BCUT2D eigenvalue weighted by atomic mass is 10.0. The van der Waals surface area contributed by atoms with Gasteiger partial charge in [-0.05, 0) is 55.7 Å². The van der Waals surface area contributed by atoms with Crippen molar-refractivity contribution in [3.8, 4) is 16.8 Å². The number of fused-ring (bicyclic) bond motifs is 1. The third kappa shape index (κ3) is 7.88. The minimum absolute atomic E-state index is 0. The molecule has 0 aliphatic carbocycles. The lowest BCUT2D eigenvalue weighted by Crippen LogP contribution is -2.38. The summed E-state index contributed by atoms with van der Waals surface area (Å²) in [5.74, 6) is 1.15. The average Bonchev–Trinajstić information content (AvgIpc) is 3.41. The second-order valence-electron chi connectivity index (χ2n) is 9.61. The van der Waals surface area contributed by atoms with E-state index in [-0.39, 0.29) is 7.43 Å². The van der Waals surface area contributed by atoms with Crippen molar-refractivity contribution in [2.45, 2.75) is 76.2 Å². The van der Waals surface area contributed by atoms with E-state index < -0.39 is 0 Å². The van der Waals surface area contributed by atoms with Crippen LogP contribution < -0.4 is 9.47 Å². The Bertz CT molecular complexity index is 1460. The predicted molar refractivity (Wildman–Crippen MR) is 184 cm³/mol. The first kappa shape index (κ1) is 35.2. The van der Waals surface area contributed by atoms with Gasteiger partial charge in [-0.25, -0.2) is 9.13 Å². The minimum atomic E-state index is 0. The van der Waals surface area contributed by atoms with Crippen molar-refractivity contribution in [1.82, 2.24) is 4.57 Å². The topological polar surface area (TPSA) is 12.1 Å². The van der Waals surface area contributed by atoms with E-state index in [2.05, 4.69) is 154 Å². The van der Waals surface area contributed by atoms with Crippen LogP contribution in [0.25, 0.3) is 27.8 Å². The molecule has 0 N–H and O–H groups in total. The second kappa shape index (κ2) is 17.1. The molecule has 0 radical (unpaired) electrons. The molecular formula is C38H54N3+. The van der Waals surface area contributed by atoms with Crippen LogP contribution in [0.4, 0.5) is 11.5 Å². The summed E-state index contributed by atoms with van der Waals surface area (Å²) < 4.78 is 4.61. The summed E-state index contributed by atoms with van der Waals surface area (Å²) in [5, 5.41) is 1.22. The Balaban J connectivity index is 0.000000969. The van der Waals surface area contributed by atoms with Crippen LogP contribution in [0.2, 0.25) is 0 Å². The van der Waals surface area contributed by atoms with Gasteiger partial charge in [0, 0.05) is 11.6 Å². The van der Waals surface area contributed by atoms with Crippen LogP contribution in [-0.2, 0) is 7.05 Å². The molecule has 0 saturated carbocycles. The molecular weight excluding hydrogens is 498 g/mol. The highest BCUT2D eigenvalue weighted by Gasteiger charge is 2.22. The van der Waals surface area contributed by atoms with Crippen LogP contribution >= 0.6 is 0 Å². The third-order valence-electron chi connectivity index (χ3n) is 6.53. The molecule has 0 spiro atoms. The summed E-state index contributed by atoms with van der Waals surface area (Å²) in [6.07, 6.45) is 3.43. The Labute approximate surface area is 251 Å². The Morgan fingerprint density at radius 3 is 1.85 bits per heavy atom. The number of rotatable bonds is 4. The van der Waals surface area contributed by atoms with Crippen LogP contribution in [0, 0.1) is 20.8 Å². The highest BCUT2D eigenvalue weighted by atomic mass is 15.2. The largest absolute Gasteiger partial charge is 0.262 e. The van der Waals surface area contributed by atoms with E-state index in [9.17, 15) is 0 Å². The van der Waals surface area contributed by atoms with E-state index >= 15 is 0 Å². The van der Waals surface area contributed by atoms with Gasteiger partial charge in [0.1, 0.15) is 11.4 Å². The lowest BCUT2D eigenvalue weighted by molar-refractivity contribution is -0.634. The van der Waals surface area contributed by atoms with E-state index in [1.54, 1.807) is 0 Å². The van der Waals surface area contributed by atoms with Crippen LogP contribution in [-0.4, -0.2) is 11.6 Å². The van der Waals surface area contributed by atoms with Crippen molar-refractivity contribution in [2.24, 2.45) is 7.05 Å². The van der Waals surface area contributed by atoms with Gasteiger partial charge < -0.3 is 0 Å². The van der Waals surface area contributed by atoms with Gasteiger partial charge in [-0.3, -0.25) is 4.90 Å². The van der Waals surface area contributed by atoms with Gasteiger partial charge in [0.15, 0.2) is 0 Å². The Morgan fingerprint density at radius 1 is 0.732 bits per heavy atom. The summed E-state index contributed by atoms with van der Waals surface area (Å²) >= 11 is 0. The predicted octanol–water partition coefficient (Wildman–Crippen LogP) is 10.9. The van der Waals surface area contributed by atoms with E-state index in [0.717, 1.165) is 5.82 Å². The van der Waals surface area contributed by atoms with E-state index in [1.807, 2.05) is 27.7 Å². The van der Waals surface area contributed by atoms with Crippen molar-refractivity contribution in [2.75, 3.05) is 11.9 Å². The Morgan fingerprint density at radius 2 is 1.27 bits per heavy atom. The number of hydrogen-bond donors (Lipinski definition) is 0. The molecule has 0 unspecified atom stereocenters. The molecule has 2 heterocycles. The number of pyridine rings is 1. The molecule has 3 nitrogen and oxygen atoms in total. The molecule has 0 aliphatic heterocycles. The normalized spacial score (nSPS) is 9.73. The first-order valence-electron chi connectivity index (χ1n) is 14.8. The molecule has 0 atom stereocenters. The highest BCUT2D eigenvalue weighted by Crippen LogP contribution is 2.32. The quantitative estimate of drug-likeness (QED) is 0.202. The molecule has 0 saturated heterocycles. The first-order valence-corrected chi connectivity index (χ1v) is 14.8. The zero-order chi connectivity index (χ0) is 29.8. The van der Waals surface area contributed by atoms with Gasteiger partial charge in [0.25, 0.3) is 0 Å². The zero-order valence-corrected chi connectivity index (χ0v) is 26.7.